The zero-order valence-electron chi connectivity index (χ0n) is 10.0. The Bertz CT molecular complexity index is 315. The second-order valence-corrected chi connectivity index (χ2v) is 6.37. The van der Waals surface area contributed by atoms with Crippen molar-refractivity contribution in [2.24, 2.45) is 0 Å². The van der Waals surface area contributed by atoms with Crippen molar-refractivity contribution in [3.05, 3.63) is 10.8 Å². The van der Waals surface area contributed by atoms with Crippen LogP contribution in [0.25, 0.3) is 0 Å². The number of rotatable bonds is 3. The first-order valence-corrected chi connectivity index (χ1v) is 6.55. The quantitative estimate of drug-likeness (QED) is 0.755. The minimum atomic E-state index is 0.0303. The van der Waals surface area contributed by atoms with E-state index < -0.39 is 0 Å². The van der Waals surface area contributed by atoms with Crippen molar-refractivity contribution in [2.45, 2.75) is 57.7 Å². The van der Waals surface area contributed by atoms with E-state index in [4.69, 9.17) is 11.6 Å². The fourth-order valence-electron chi connectivity index (χ4n) is 1.39. The number of aromatic nitrogens is 2. The molecule has 0 saturated carbocycles. The van der Waals surface area contributed by atoms with Crippen LogP contribution in [0.3, 0.4) is 0 Å². The SMILES string of the molecule is CCC(c1nc(C(C)(C)C)ns1)C(C)Cl. The summed E-state index contributed by atoms with van der Waals surface area (Å²) in [7, 11) is 0. The van der Waals surface area contributed by atoms with E-state index in [9.17, 15) is 0 Å². The largest absolute Gasteiger partial charge is 0.224 e. The first-order chi connectivity index (χ1) is 6.86. The summed E-state index contributed by atoms with van der Waals surface area (Å²) in [6, 6.07) is 0. The number of hydrogen-bond donors (Lipinski definition) is 0. The van der Waals surface area contributed by atoms with Gasteiger partial charge in [0.25, 0.3) is 0 Å². The van der Waals surface area contributed by atoms with Gasteiger partial charge in [-0.15, -0.1) is 11.6 Å². The van der Waals surface area contributed by atoms with Crippen LogP contribution >= 0.6 is 23.1 Å². The van der Waals surface area contributed by atoms with E-state index in [0.29, 0.717) is 5.92 Å². The fourth-order valence-corrected chi connectivity index (χ4v) is 2.89. The second-order valence-electron chi connectivity index (χ2n) is 4.90. The van der Waals surface area contributed by atoms with Gasteiger partial charge in [-0.3, -0.25) is 0 Å². The summed E-state index contributed by atoms with van der Waals surface area (Å²) in [6.45, 7) is 10.5. The highest BCUT2D eigenvalue weighted by Crippen LogP contribution is 2.30. The van der Waals surface area contributed by atoms with Crippen LogP contribution in [0.1, 0.15) is 57.8 Å². The summed E-state index contributed by atoms with van der Waals surface area (Å²) in [5, 5.41) is 1.20. The first kappa shape index (κ1) is 12.9. The molecule has 0 saturated heterocycles. The Balaban J connectivity index is 2.92. The van der Waals surface area contributed by atoms with Gasteiger partial charge in [0.2, 0.25) is 0 Å². The van der Waals surface area contributed by atoms with Gasteiger partial charge in [0.05, 0.1) is 0 Å². The summed E-state index contributed by atoms with van der Waals surface area (Å²) in [6.07, 6.45) is 1.02. The van der Waals surface area contributed by atoms with Crippen LogP contribution in [-0.2, 0) is 5.41 Å². The molecule has 1 rings (SSSR count). The molecular weight excluding hydrogens is 228 g/mol. The number of hydrogen-bond acceptors (Lipinski definition) is 3. The monoisotopic (exact) mass is 246 g/mol. The van der Waals surface area contributed by atoms with Gasteiger partial charge >= 0.3 is 0 Å². The van der Waals surface area contributed by atoms with Crippen molar-refractivity contribution in [1.82, 2.24) is 9.36 Å². The summed E-state index contributed by atoms with van der Waals surface area (Å²) in [5.41, 5.74) is 0.0303. The molecule has 1 aromatic heterocycles. The maximum atomic E-state index is 6.14. The Morgan fingerprint density at radius 2 is 2.00 bits per heavy atom. The van der Waals surface area contributed by atoms with Crippen LogP contribution in [0.4, 0.5) is 0 Å². The molecule has 1 aromatic rings. The van der Waals surface area contributed by atoms with Gasteiger partial charge in [-0.25, -0.2) is 4.98 Å². The van der Waals surface area contributed by atoms with E-state index >= 15 is 0 Å². The van der Waals surface area contributed by atoms with Crippen LogP contribution < -0.4 is 0 Å². The molecule has 4 heteroatoms. The lowest BCUT2D eigenvalue weighted by Gasteiger charge is -2.15. The van der Waals surface area contributed by atoms with E-state index in [-0.39, 0.29) is 10.8 Å². The van der Waals surface area contributed by atoms with Crippen LogP contribution in [0, 0.1) is 0 Å². The van der Waals surface area contributed by atoms with E-state index in [1.54, 1.807) is 0 Å². The summed E-state index contributed by atoms with van der Waals surface area (Å²) < 4.78 is 4.41. The highest BCUT2D eigenvalue weighted by Gasteiger charge is 2.24. The Morgan fingerprint density at radius 3 is 2.33 bits per heavy atom. The lowest BCUT2D eigenvalue weighted by atomic mass is 9.96. The van der Waals surface area contributed by atoms with Gasteiger partial charge in [0.1, 0.15) is 10.8 Å². The van der Waals surface area contributed by atoms with Crippen LogP contribution in [0.5, 0.6) is 0 Å². The summed E-state index contributed by atoms with van der Waals surface area (Å²) in [4.78, 5) is 4.60. The van der Waals surface area contributed by atoms with Crippen molar-refractivity contribution in [1.29, 1.82) is 0 Å². The highest BCUT2D eigenvalue weighted by molar-refractivity contribution is 7.05. The Kier molecular flexibility index (Phi) is 4.13. The predicted molar refractivity (Wildman–Crippen MR) is 67.0 cm³/mol. The predicted octanol–water partition coefficient (Wildman–Crippen LogP) is 3.96. The van der Waals surface area contributed by atoms with Crippen molar-refractivity contribution in [3.63, 3.8) is 0 Å². The third kappa shape index (κ3) is 3.15. The van der Waals surface area contributed by atoms with Gasteiger partial charge < -0.3 is 0 Å². The van der Waals surface area contributed by atoms with Crippen molar-refractivity contribution in [2.75, 3.05) is 0 Å². The van der Waals surface area contributed by atoms with Crippen LogP contribution in [-0.4, -0.2) is 14.7 Å². The Labute approximate surface area is 101 Å². The summed E-state index contributed by atoms with van der Waals surface area (Å²) in [5.74, 6) is 1.26. The van der Waals surface area contributed by atoms with Gasteiger partial charge in [-0.2, -0.15) is 4.37 Å². The third-order valence-corrected chi connectivity index (χ3v) is 3.57. The van der Waals surface area contributed by atoms with Crippen molar-refractivity contribution < 1.29 is 0 Å². The van der Waals surface area contributed by atoms with Gasteiger partial charge in [-0.05, 0) is 24.9 Å². The fraction of sp³-hybridized carbons (Fsp3) is 0.818. The van der Waals surface area contributed by atoms with Crippen LogP contribution in [0.15, 0.2) is 0 Å². The maximum absolute atomic E-state index is 6.14. The molecule has 0 aliphatic rings. The molecule has 2 atom stereocenters. The molecule has 86 valence electrons. The molecule has 0 radical (unpaired) electrons. The number of halogens is 1. The molecule has 15 heavy (non-hydrogen) atoms. The Morgan fingerprint density at radius 1 is 1.40 bits per heavy atom. The molecule has 0 aliphatic heterocycles. The van der Waals surface area contributed by atoms with Gasteiger partial charge in [0.15, 0.2) is 0 Å². The minimum absolute atomic E-state index is 0.0303. The van der Waals surface area contributed by atoms with E-state index in [0.717, 1.165) is 17.3 Å². The van der Waals surface area contributed by atoms with E-state index in [2.05, 4.69) is 37.1 Å². The molecule has 0 N–H and O–H groups in total. The molecule has 0 fully saturated rings. The molecule has 0 aliphatic carbocycles. The first-order valence-electron chi connectivity index (χ1n) is 5.34. The average molecular weight is 247 g/mol. The molecule has 0 aromatic carbocycles. The van der Waals surface area contributed by atoms with Crippen molar-refractivity contribution >= 4 is 23.1 Å². The normalized spacial score (nSPS) is 16.4. The molecular formula is C11H19ClN2S. The summed E-state index contributed by atoms with van der Waals surface area (Å²) >= 11 is 7.63. The third-order valence-electron chi connectivity index (χ3n) is 2.42. The van der Waals surface area contributed by atoms with E-state index in [1.165, 1.54) is 11.5 Å². The molecule has 2 nitrogen and oxygen atoms in total. The molecule has 0 amide bonds. The molecule has 0 bridgehead atoms. The smallest absolute Gasteiger partial charge is 0.147 e. The number of alkyl halides is 1. The van der Waals surface area contributed by atoms with Gasteiger partial charge in [0, 0.05) is 16.7 Å². The van der Waals surface area contributed by atoms with Gasteiger partial charge in [-0.1, -0.05) is 27.7 Å². The zero-order valence-corrected chi connectivity index (χ0v) is 11.6. The highest BCUT2D eigenvalue weighted by atomic mass is 35.5. The van der Waals surface area contributed by atoms with Crippen LogP contribution in [0.2, 0.25) is 0 Å². The lowest BCUT2D eigenvalue weighted by molar-refractivity contribution is 0.547. The maximum Gasteiger partial charge on any atom is 0.147 e. The lowest BCUT2D eigenvalue weighted by Crippen LogP contribution is -2.14. The molecule has 0 spiro atoms. The topological polar surface area (TPSA) is 25.8 Å². The second kappa shape index (κ2) is 4.79. The molecule has 2 unspecified atom stereocenters. The van der Waals surface area contributed by atoms with Crippen molar-refractivity contribution in [3.8, 4) is 0 Å². The Hall–Kier alpha value is -0.150. The zero-order chi connectivity index (χ0) is 11.6. The number of nitrogens with zero attached hydrogens (tertiary/aromatic N) is 2. The average Bonchev–Trinajstić information content (AvgIpc) is 2.52. The van der Waals surface area contributed by atoms with E-state index in [1.807, 2.05) is 6.92 Å². The standard InChI is InChI=1S/C11H19ClN2S/c1-6-8(7(2)12)9-13-10(14-15-9)11(3,4)5/h7-8H,6H2,1-5H3. The minimum Gasteiger partial charge on any atom is -0.224 e. The molecule has 1 heterocycles.